The molecule has 0 amide bonds. The third kappa shape index (κ3) is 4.08. The van der Waals surface area contributed by atoms with Crippen molar-refractivity contribution in [2.24, 2.45) is 5.16 Å². The van der Waals surface area contributed by atoms with Gasteiger partial charge in [-0.2, -0.15) is 13.2 Å². The van der Waals surface area contributed by atoms with E-state index in [-0.39, 0.29) is 11.3 Å². The molecule has 22 heavy (non-hydrogen) atoms. The highest BCUT2D eigenvalue weighted by Gasteiger charge is 2.30. The van der Waals surface area contributed by atoms with E-state index in [1.807, 2.05) is 0 Å². The Bertz CT molecular complexity index is 711. The number of carboxylic acid groups (broad SMARTS) is 1. The monoisotopic (exact) mass is 309 g/mol. The van der Waals surface area contributed by atoms with Gasteiger partial charge in [-0.25, -0.2) is 4.79 Å². The highest BCUT2D eigenvalue weighted by atomic mass is 19.4. The molecule has 0 aliphatic heterocycles. The molecule has 0 aliphatic rings. The van der Waals surface area contributed by atoms with E-state index in [4.69, 9.17) is 9.94 Å². The van der Waals surface area contributed by atoms with Crippen LogP contribution >= 0.6 is 0 Å². The third-order valence-corrected chi connectivity index (χ3v) is 2.65. The van der Waals surface area contributed by atoms with Crippen molar-refractivity contribution in [1.82, 2.24) is 0 Å². The number of nitrogens with zero attached hydrogens (tertiary/aromatic N) is 1. The number of oxime groups is 1. The van der Waals surface area contributed by atoms with Gasteiger partial charge >= 0.3 is 12.1 Å². The molecule has 0 aromatic heterocycles. The minimum Gasteiger partial charge on any atom is -0.478 e. The van der Waals surface area contributed by atoms with Crippen LogP contribution in [0.4, 0.5) is 13.2 Å². The quantitative estimate of drug-likeness (QED) is 0.690. The molecule has 0 atom stereocenters. The fourth-order valence-electron chi connectivity index (χ4n) is 1.63. The normalized spacial score (nSPS) is 11.6. The van der Waals surface area contributed by atoms with Gasteiger partial charge in [0.2, 0.25) is 0 Å². The molecule has 114 valence electrons. The summed E-state index contributed by atoms with van der Waals surface area (Å²) in [7, 11) is 0. The van der Waals surface area contributed by atoms with Crippen molar-refractivity contribution in [3.05, 3.63) is 65.2 Å². The molecule has 0 bridgehead atoms. The molecule has 4 nitrogen and oxygen atoms in total. The summed E-state index contributed by atoms with van der Waals surface area (Å²) in [6.07, 6.45) is -3.24. The average Bonchev–Trinajstić information content (AvgIpc) is 2.47. The number of aromatic carboxylic acids is 1. The molecular weight excluding hydrogens is 299 g/mol. The first-order valence-electron chi connectivity index (χ1n) is 6.07. The van der Waals surface area contributed by atoms with Crippen LogP contribution in [-0.2, 0) is 6.18 Å². The second-order valence-electron chi connectivity index (χ2n) is 4.28. The second-order valence-corrected chi connectivity index (χ2v) is 4.28. The van der Waals surface area contributed by atoms with Crippen molar-refractivity contribution in [3.63, 3.8) is 0 Å². The number of carboxylic acids is 1. The maximum atomic E-state index is 12.5. The van der Waals surface area contributed by atoms with Crippen LogP contribution in [0.1, 0.15) is 21.5 Å². The van der Waals surface area contributed by atoms with Gasteiger partial charge < -0.3 is 9.94 Å². The van der Waals surface area contributed by atoms with Gasteiger partial charge in [0.25, 0.3) is 0 Å². The number of rotatable bonds is 4. The van der Waals surface area contributed by atoms with Crippen LogP contribution in [0.15, 0.2) is 53.7 Å². The Kier molecular flexibility index (Phi) is 4.45. The smallest absolute Gasteiger partial charge is 0.416 e. The Hall–Kier alpha value is -2.83. The topological polar surface area (TPSA) is 58.9 Å². The lowest BCUT2D eigenvalue weighted by Gasteiger charge is -2.07. The highest BCUT2D eigenvalue weighted by Crippen LogP contribution is 2.31. The molecule has 7 heteroatoms. The molecule has 0 saturated heterocycles. The van der Waals surface area contributed by atoms with Gasteiger partial charge in [-0.15, -0.1) is 0 Å². The molecule has 2 aromatic rings. The summed E-state index contributed by atoms with van der Waals surface area (Å²) in [6.45, 7) is 0. The van der Waals surface area contributed by atoms with Gasteiger partial charge in [0.15, 0.2) is 5.75 Å². The number of halogens is 3. The van der Waals surface area contributed by atoms with Gasteiger partial charge in [-0.3, -0.25) is 0 Å². The van der Waals surface area contributed by atoms with E-state index in [1.165, 1.54) is 36.5 Å². The summed E-state index contributed by atoms with van der Waals surface area (Å²) in [5, 5.41) is 12.4. The summed E-state index contributed by atoms with van der Waals surface area (Å²) in [5.74, 6) is -1.16. The van der Waals surface area contributed by atoms with Gasteiger partial charge in [0.1, 0.15) is 0 Å². The molecule has 1 N–H and O–H groups in total. The van der Waals surface area contributed by atoms with Gasteiger partial charge in [-0.05, 0) is 35.9 Å². The van der Waals surface area contributed by atoms with Crippen molar-refractivity contribution >= 4 is 12.2 Å². The third-order valence-electron chi connectivity index (χ3n) is 2.65. The molecule has 0 heterocycles. The van der Waals surface area contributed by atoms with Gasteiger partial charge in [0.05, 0.1) is 17.3 Å². The van der Waals surface area contributed by atoms with Crippen LogP contribution in [-0.4, -0.2) is 17.3 Å². The maximum Gasteiger partial charge on any atom is 0.416 e. The maximum absolute atomic E-state index is 12.5. The number of alkyl halides is 3. The van der Waals surface area contributed by atoms with Crippen LogP contribution in [0.5, 0.6) is 5.75 Å². The van der Waals surface area contributed by atoms with E-state index in [0.29, 0.717) is 5.56 Å². The van der Waals surface area contributed by atoms with Crippen molar-refractivity contribution in [2.45, 2.75) is 6.18 Å². The minimum atomic E-state index is -4.46. The fraction of sp³-hybridized carbons (Fsp3) is 0.0667. The van der Waals surface area contributed by atoms with E-state index in [0.717, 1.165) is 12.1 Å². The van der Waals surface area contributed by atoms with Gasteiger partial charge in [0, 0.05) is 0 Å². The Morgan fingerprint density at radius 3 is 2.55 bits per heavy atom. The molecule has 0 saturated carbocycles. The van der Waals surface area contributed by atoms with E-state index in [9.17, 15) is 18.0 Å². The standard InChI is InChI=1S/C15H10F3NO3/c16-15(17,18)12-5-2-6-13(8-12)22-19-9-10-3-1-4-11(7-10)14(20)21/h1-9H,(H,20,21)/b19-9+. The zero-order valence-electron chi connectivity index (χ0n) is 11.0. The van der Waals surface area contributed by atoms with Crippen LogP contribution in [0.2, 0.25) is 0 Å². The van der Waals surface area contributed by atoms with Crippen molar-refractivity contribution in [1.29, 1.82) is 0 Å². The Morgan fingerprint density at radius 1 is 1.14 bits per heavy atom. The minimum absolute atomic E-state index is 0.0690. The molecule has 2 rings (SSSR count). The number of hydrogen-bond donors (Lipinski definition) is 1. The van der Waals surface area contributed by atoms with E-state index in [2.05, 4.69) is 5.16 Å². The summed E-state index contributed by atoms with van der Waals surface area (Å²) in [4.78, 5) is 15.7. The largest absolute Gasteiger partial charge is 0.478 e. The van der Waals surface area contributed by atoms with Crippen molar-refractivity contribution in [3.8, 4) is 5.75 Å². The molecule has 0 fully saturated rings. The van der Waals surface area contributed by atoms with E-state index < -0.39 is 17.7 Å². The number of hydrogen-bond acceptors (Lipinski definition) is 3. The van der Waals surface area contributed by atoms with Crippen molar-refractivity contribution in [2.75, 3.05) is 0 Å². The SMILES string of the molecule is O=C(O)c1cccc(/C=N/Oc2cccc(C(F)(F)F)c2)c1. The summed E-state index contributed by atoms with van der Waals surface area (Å²) in [5.41, 5.74) is -0.317. The van der Waals surface area contributed by atoms with Gasteiger partial charge in [-0.1, -0.05) is 23.4 Å². The van der Waals surface area contributed by atoms with Crippen LogP contribution < -0.4 is 4.84 Å². The lowest BCUT2D eigenvalue weighted by Crippen LogP contribution is -2.04. The first-order valence-corrected chi connectivity index (χ1v) is 6.07. The fourth-order valence-corrected chi connectivity index (χ4v) is 1.63. The molecule has 2 aromatic carbocycles. The van der Waals surface area contributed by atoms with E-state index in [1.54, 1.807) is 6.07 Å². The van der Waals surface area contributed by atoms with E-state index >= 15 is 0 Å². The lowest BCUT2D eigenvalue weighted by atomic mass is 10.1. The summed E-state index contributed by atoms with van der Waals surface area (Å²) in [6, 6.07) is 10.2. The predicted molar refractivity (Wildman–Crippen MR) is 73.1 cm³/mol. The Labute approximate surface area is 123 Å². The predicted octanol–water partition coefficient (Wildman–Crippen LogP) is 3.82. The summed E-state index contributed by atoms with van der Waals surface area (Å²) >= 11 is 0. The number of benzene rings is 2. The van der Waals surface area contributed by atoms with Crippen LogP contribution in [0, 0.1) is 0 Å². The number of carbonyl (C=O) groups is 1. The Balaban J connectivity index is 2.10. The zero-order chi connectivity index (χ0) is 16.2. The van der Waals surface area contributed by atoms with Crippen LogP contribution in [0.3, 0.4) is 0 Å². The first kappa shape index (κ1) is 15.6. The van der Waals surface area contributed by atoms with Crippen molar-refractivity contribution < 1.29 is 27.9 Å². The molecule has 0 unspecified atom stereocenters. The molecule has 0 radical (unpaired) electrons. The van der Waals surface area contributed by atoms with Crippen LogP contribution in [0.25, 0.3) is 0 Å². The summed E-state index contributed by atoms with van der Waals surface area (Å²) < 4.78 is 37.6. The molecular formula is C15H10F3NO3. The Morgan fingerprint density at radius 2 is 1.86 bits per heavy atom. The first-order chi connectivity index (χ1) is 10.4. The molecule has 0 spiro atoms. The lowest BCUT2D eigenvalue weighted by molar-refractivity contribution is -0.137. The zero-order valence-corrected chi connectivity index (χ0v) is 11.0. The second kappa shape index (κ2) is 6.30. The average molecular weight is 309 g/mol. The highest BCUT2D eigenvalue weighted by molar-refractivity contribution is 5.90. The molecule has 0 aliphatic carbocycles.